The van der Waals surface area contributed by atoms with E-state index < -0.39 is 0 Å². The van der Waals surface area contributed by atoms with Gasteiger partial charge in [0.1, 0.15) is 0 Å². The van der Waals surface area contributed by atoms with E-state index in [0.717, 1.165) is 15.7 Å². The summed E-state index contributed by atoms with van der Waals surface area (Å²) in [6.07, 6.45) is 0. The molecule has 0 fully saturated rings. The van der Waals surface area contributed by atoms with Crippen molar-refractivity contribution in [1.82, 2.24) is 5.32 Å². The van der Waals surface area contributed by atoms with Crippen LogP contribution >= 0.6 is 15.9 Å². The summed E-state index contributed by atoms with van der Waals surface area (Å²) in [7, 11) is 1.32. The van der Waals surface area contributed by atoms with Crippen molar-refractivity contribution in [2.45, 2.75) is 13.8 Å². The van der Waals surface area contributed by atoms with Gasteiger partial charge < -0.3 is 15.4 Å². The molecule has 0 saturated carbocycles. The fourth-order valence-electron chi connectivity index (χ4n) is 1.44. The Balaban J connectivity index is 2.52. The molecule has 1 aromatic carbocycles. The quantitative estimate of drug-likeness (QED) is 0.835. The Kier molecular flexibility index (Phi) is 5.82. The summed E-state index contributed by atoms with van der Waals surface area (Å²) >= 11 is 3.39. The molecule has 0 aliphatic rings. The first kappa shape index (κ1) is 15.5. The molecule has 1 atom stereocenters. The van der Waals surface area contributed by atoms with Crippen LogP contribution in [0.25, 0.3) is 0 Å². The number of urea groups is 1. The molecule has 104 valence electrons. The maximum atomic E-state index is 11.7. The van der Waals surface area contributed by atoms with E-state index >= 15 is 0 Å². The minimum absolute atomic E-state index is 0.228. The molecule has 0 aliphatic heterocycles. The third-order valence-electron chi connectivity index (χ3n) is 2.69. The highest BCUT2D eigenvalue weighted by Gasteiger charge is 2.14. The van der Waals surface area contributed by atoms with Crippen molar-refractivity contribution in [3.63, 3.8) is 0 Å². The second kappa shape index (κ2) is 7.13. The molecule has 0 spiro atoms. The van der Waals surface area contributed by atoms with Crippen molar-refractivity contribution >= 4 is 33.6 Å². The van der Waals surface area contributed by atoms with Gasteiger partial charge in [0.15, 0.2) is 0 Å². The predicted octanol–water partition coefficient (Wildman–Crippen LogP) is 2.69. The molecule has 0 aromatic heterocycles. The number of amides is 2. The van der Waals surface area contributed by atoms with E-state index in [1.807, 2.05) is 25.1 Å². The molecule has 0 saturated heterocycles. The van der Waals surface area contributed by atoms with E-state index in [1.165, 1.54) is 7.11 Å². The number of carbonyl (C=O) groups excluding carboxylic acids is 2. The van der Waals surface area contributed by atoms with Crippen LogP contribution in [0.2, 0.25) is 0 Å². The Labute approximate surface area is 120 Å². The van der Waals surface area contributed by atoms with Crippen molar-refractivity contribution in [1.29, 1.82) is 0 Å². The van der Waals surface area contributed by atoms with Crippen LogP contribution in [0.5, 0.6) is 0 Å². The van der Waals surface area contributed by atoms with E-state index in [2.05, 4.69) is 31.3 Å². The smallest absolute Gasteiger partial charge is 0.319 e. The fourth-order valence-corrected chi connectivity index (χ4v) is 1.81. The topological polar surface area (TPSA) is 67.4 Å². The zero-order valence-corrected chi connectivity index (χ0v) is 12.7. The Bertz CT molecular complexity index is 477. The predicted molar refractivity (Wildman–Crippen MR) is 77.1 cm³/mol. The van der Waals surface area contributed by atoms with E-state index in [9.17, 15) is 9.59 Å². The minimum atomic E-state index is -0.376. The highest BCUT2D eigenvalue weighted by Crippen LogP contribution is 2.23. The summed E-state index contributed by atoms with van der Waals surface area (Å²) < 4.78 is 5.50. The van der Waals surface area contributed by atoms with E-state index in [0.29, 0.717) is 0 Å². The van der Waals surface area contributed by atoms with Crippen molar-refractivity contribution in [3.05, 3.63) is 28.2 Å². The first-order valence-corrected chi connectivity index (χ1v) is 6.62. The molecule has 0 aliphatic carbocycles. The highest BCUT2D eigenvalue weighted by atomic mass is 79.9. The van der Waals surface area contributed by atoms with Gasteiger partial charge in [-0.2, -0.15) is 0 Å². The van der Waals surface area contributed by atoms with Crippen LogP contribution in [-0.4, -0.2) is 25.7 Å². The molecule has 2 amide bonds. The van der Waals surface area contributed by atoms with Gasteiger partial charge in [-0.1, -0.05) is 28.9 Å². The second-order valence-electron chi connectivity index (χ2n) is 4.17. The summed E-state index contributed by atoms with van der Waals surface area (Å²) in [5.74, 6) is -0.724. The van der Waals surface area contributed by atoms with Gasteiger partial charge in [0.05, 0.1) is 13.0 Å². The van der Waals surface area contributed by atoms with Crippen LogP contribution in [0.4, 0.5) is 10.5 Å². The van der Waals surface area contributed by atoms with Gasteiger partial charge in [0.25, 0.3) is 0 Å². The lowest BCUT2D eigenvalue weighted by molar-refractivity contribution is -0.144. The van der Waals surface area contributed by atoms with Crippen LogP contribution in [0.3, 0.4) is 0 Å². The van der Waals surface area contributed by atoms with Crippen LogP contribution in [0.1, 0.15) is 12.5 Å². The maximum Gasteiger partial charge on any atom is 0.319 e. The standard InChI is InChI=1S/C13H17BrN2O3/c1-8(12(17)19-3)7-15-13(18)16-11-6-4-5-10(14)9(11)2/h4-6,8H,7H2,1-3H3,(H2,15,16,18)/t8-/m1/s1. The van der Waals surface area contributed by atoms with Gasteiger partial charge in [-0.05, 0) is 24.6 Å². The number of ether oxygens (including phenoxy) is 1. The molecule has 0 unspecified atom stereocenters. The number of methoxy groups -OCH3 is 1. The highest BCUT2D eigenvalue weighted by molar-refractivity contribution is 9.10. The molecule has 0 heterocycles. The van der Waals surface area contributed by atoms with E-state index in [4.69, 9.17) is 0 Å². The molecule has 19 heavy (non-hydrogen) atoms. The fraction of sp³-hybridized carbons (Fsp3) is 0.385. The number of halogens is 1. The molecule has 1 aromatic rings. The van der Waals surface area contributed by atoms with Gasteiger partial charge in [0, 0.05) is 16.7 Å². The Morgan fingerprint density at radius 3 is 2.74 bits per heavy atom. The van der Waals surface area contributed by atoms with Crippen LogP contribution in [0, 0.1) is 12.8 Å². The third-order valence-corrected chi connectivity index (χ3v) is 3.55. The molecule has 5 nitrogen and oxygen atoms in total. The average molecular weight is 329 g/mol. The summed E-state index contributed by atoms with van der Waals surface area (Å²) in [5, 5.41) is 5.36. The number of carbonyl (C=O) groups is 2. The number of anilines is 1. The largest absolute Gasteiger partial charge is 0.469 e. The normalized spacial score (nSPS) is 11.6. The van der Waals surface area contributed by atoms with Gasteiger partial charge in [-0.25, -0.2) is 4.79 Å². The zero-order valence-electron chi connectivity index (χ0n) is 11.1. The van der Waals surface area contributed by atoms with Crippen molar-refractivity contribution in [3.8, 4) is 0 Å². The molecule has 2 N–H and O–H groups in total. The summed E-state index contributed by atoms with van der Waals surface area (Å²) in [6, 6.07) is 5.20. The summed E-state index contributed by atoms with van der Waals surface area (Å²) in [5.41, 5.74) is 1.66. The summed E-state index contributed by atoms with van der Waals surface area (Å²) in [4.78, 5) is 22.9. The lowest BCUT2D eigenvalue weighted by Gasteiger charge is -2.13. The molecular weight excluding hydrogens is 312 g/mol. The number of hydrogen-bond donors (Lipinski definition) is 2. The SMILES string of the molecule is COC(=O)[C@H](C)CNC(=O)Nc1cccc(Br)c1C. The Hall–Kier alpha value is -1.56. The van der Waals surface area contributed by atoms with Gasteiger partial charge in [-0.15, -0.1) is 0 Å². The van der Waals surface area contributed by atoms with Crippen LogP contribution in [0.15, 0.2) is 22.7 Å². The third kappa shape index (κ3) is 4.55. The van der Waals surface area contributed by atoms with Gasteiger partial charge in [-0.3, -0.25) is 4.79 Å². The average Bonchev–Trinajstić information content (AvgIpc) is 2.40. The van der Waals surface area contributed by atoms with Gasteiger partial charge in [0.2, 0.25) is 0 Å². The van der Waals surface area contributed by atoms with E-state index in [-0.39, 0.29) is 24.5 Å². The summed E-state index contributed by atoms with van der Waals surface area (Å²) in [6.45, 7) is 3.82. The van der Waals surface area contributed by atoms with Gasteiger partial charge >= 0.3 is 12.0 Å². The van der Waals surface area contributed by atoms with Crippen molar-refractivity contribution in [2.24, 2.45) is 5.92 Å². The van der Waals surface area contributed by atoms with Crippen molar-refractivity contribution < 1.29 is 14.3 Å². The lowest BCUT2D eigenvalue weighted by atomic mass is 10.2. The Morgan fingerprint density at radius 1 is 1.42 bits per heavy atom. The lowest BCUT2D eigenvalue weighted by Crippen LogP contribution is -2.35. The maximum absolute atomic E-state index is 11.7. The minimum Gasteiger partial charge on any atom is -0.469 e. The van der Waals surface area contributed by atoms with Crippen molar-refractivity contribution in [2.75, 3.05) is 19.0 Å². The monoisotopic (exact) mass is 328 g/mol. The van der Waals surface area contributed by atoms with Crippen LogP contribution < -0.4 is 10.6 Å². The Morgan fingerprint density at radius 2 is 2.11 bits per heavy atom. The molecule has 6 heteroatoms. The first-order chi connectivity index (χ1) is 8.95. The number of nitrogens with one attached hydrogen (secondary N) is 2. The molecule has 0 radical (unpaired) electrons. The number of hydrogen-bond acceptors (Lipinski definition) is 3. The van der Waals surface area contributed by atoms with E-state index in [1.54, 1.807) is 6.92 Å². The first-order valence-electron chi connectivity index (χ1n) is 5.83. The van der Waals surface area contributed by atoms with Crippen LogP contribution in [-0.2, 0) is 9.53 Å². The molecule has 0 bridgehead atoms. The molecular formula is C13H17BrN2O3. The molecule has 1 rings (SSSR count). The second-order valence-corrected chi connectivity index (χ2v) is 5.03. The number of esters is 1. The zero-order chi connectivity index (χ0) is 14.4. The number of rotatable bonds is 4. The number of benzene rings is 1.